The fourth-order valence-electron chi connectivity index (χ4n) is 5.75. The smallest absolute Gasteiger partial charge is 0.417 e. The minimum absolute atomic E-state index is 0.0575. The maximum atomic E-state index is 15.2. The van der Waals surface area contributed by atoms with Gasteiger partial charge >= 0.3 is 18.0 Å². The van der Waals surface area contributed by atoms with E-state index in [1.54, 1.807) is 46.7 Å². The van der Waals surface area contributed by atoms with Gasteiger partial charge in [-0.1, -0.05) is 0 Å². The number of benzene rings is 2. The van der Waals surface area contributed by atoms with Gasteiger partial charge in [-0.2, -0.15) is 18.2 Å². The van der Waals surface area contributed by atoms with Crippen molar-refractivity contribution in [2.24, 2.45) is 0 Å². The molecule has 0 aliphatic carbocycles. The molecule has 1 unspecified atom stereocenters. The first kappa shape index (κ1) is 32.0. The van der Waals surface area contributed by atoms with Crippen molar-refractivity contribution in [1.82, 2.24) is 19.4 Å². The van der Waals surface area contributed by atoms with Crippen LogP contribution in [0.4, 0.5) is 32.6 Å². The molecule has 0 saturated carbocycles. The number of anilines is 1. The predicted molar refractivity (Wildman–Crippen MR) is 159 cm³/mol. The van der Waals surface area contributed by atoms with Crippen molar-refractivity contribution in [3.05, 3.63) is 51.9 Å². The number of carbonyl (C=O) groups is 1. The second-order valence-electron chi connectivity index (χ2n) is 12.4. The molecule has 238 valence electrons. The molecule has 14 heteroatoms. The molecule has 1 amide bonds. The Balaban J connectivity index is 1.73. The fraction of sp³-hybridized carbons (Fsp3) is 0.500. The highest BCUT2D eigenvalue weighted by molar-refractivity contribution is 8.00. The average Bonchev–Trinajstić information content (AvgIpc) is 2.88. The topological polar surface area (TPSA) is 70.9 Å². The highest BCUT2D eigenvalue weighted by Crippen LogP contribution is 2.50. The van der Waals surface area contributed by atoms with Crippen molar-refractivity contribution in [3.8, 4) is 11.1 Å². The molecule has 2 atom stereocenters. The number of hydrogen-bond acceptors (Lipinski definition) is 7. The van der Waals surface area contributed by atoms with E-state index < -0.39 is 57.9 Å². The number of carbonyl (C=O) groups excluding carboxylic acids is 1. The second-order valence-corrected chi connectivity index (χ2v) is 13.8. The monoisotopic (exact) mass is 639 g/mol. The largest absolute Gasteiger partial charge is 0.444 e. The van der Waals surface area contributed by atoms with Crippen LogP contribution in [0, 0.1) is 11.6 Å². The minimum atomic E-state index is -4.92. The molecule has 3 aromatic rings. The molecule has 0 bridgehead atoms. The van der Waals surface area contributed by atoms with Crippen molar-refractivity contribution in [1.29, 1.82) is 0 Å². The highest BCUT2D eigenvalue weighted by Gasteiger charge is 2.41. The normalized spacial score (nSPS) is 19.2. The van der Waals surface area contributed by atoms with Crippen LogP contribution in [0.2, 0.25) is 0 Å². The zero-order valence-electron chi connectivity index (χ0n) is 25.3. The van der Waals surface area contributed by atoms with Gasteiger partial charge in [-0.05, 0) is 60.0 Å². The quantitative estimate of drug-likeness (QED) is 0.332. The molecule has 2 aliphatic rings. The van der Waals surface area contributed by atoms with Crippen molar-refractivity contribution < 1.29 is 31.5 Å². The first-order valence-electron chi connectivity index (χ1n) is 14.1. The highest BCUT2D eigenvalue weighted by atomic mass is 32.2. The molecule has 0 spiro atoms. The van der Waals surface area contributed by atoms with Gasteiger partial charge in [-0.25, -0.2) is 18.4 Å². The lowest BCUT2D eigenvalue weighted by atomic mass is 9.95. The van der Waals surface area contributed by atoms with Crippen LogP contribution in [-0.4, -0.2) is 82.6 Å². The van der Waals surface area contributed by atoms with Crippen LogP contribution in [0.5, 0.6) is 0 Å². The van der Waals surface area contributed by atoms with Crippen molar-refractivity contribution in [2.75, 3.05) is 45.2 Å². The second kappa shape index (κ2) is 11.5. The Hall–Kier alpha value is -3.39. The molecule has 1 fully saturated rings. The van der Waals surface area contributed by atoms with E-state index in [2.05, 4.69) is 4.98 Å². The van der Waals surface area contributed by atoms with Gasteiger partial charge in [0.05, 0.1) is 11.1 Å². The Kier molecular flexibility index (Phi) is 8.38. The fourth-order valence-corrected chi connectivity index (χ4v) is 7.35. The van der Waals surface area contributed by atoms with Gasteiger partial charge in [0, 0.05) is 71.5 Å². The summed E-state index contributed by atoms with van der Waals surface area (Å²) in [6, 6.07) is 2.95. The number of nitrogens with zero attached hydrogens (tertiary/aromatic N) is 5. The summed E-state index contributed by atoms with van der Waals surface area (Å²) in [7, 11) is 3.61. The predicted octanol–water partition coefficient (Wildman–Crippen LogP) is 5.84. The Labute approximate surface area is 255 Å². The van der Waals surface area contributed by atoms with E-state index in [0.29, 0.717) is 12.6 Å². The van der Waals surface area contributed by atoms with Gasteiger partial charge in [0.25, 0.3) is 0 Å². The van der Waals surface area contributed by atoms with Crippen molar-refractivity contribution in [3.63, 3.8) is 0 Å². The molecule has 0 radical (unpaired) electrons. The van der Waals surface area contributed by atoms with Crippen LogP contribution in [0.15, 0.2) is 34.0 Å². The van der Waals surface area contributed by atoms with E-state index in [0.717, 1.165) is 30.0 Å². The van der Waals surface area contributed by atoms with Gasteiger partial charge in [0.1, 0.15) is 23.1 Å². The van der Waals surface area contributed by atoms with Crippen LogP contribution in [0.25, 0.3) is 22.0 Å². The summed E-state index contributed by atoms with van der Waals surface area (Å²) < 4.78 is 80.4. The van der Waals surface area contributed by atoms with E-state index in [-0.39, 0.29) is 53.0 Å². The summed E-state index contributed by atoms with van der Waals surface area (Å²) in [6.45, 7) is 8.22. The summed E-state index contributed by atoms with van der Waals surface area (Å²) in [4.78, 5) is 35.8. The van der Waals surface area contributed by atoms with Crippen LogP contribution < -0.4 is 10.6 Å². The summed E-state index contributed by atoms with van der Waals surface area (Å²) in [5.41, 5.74) is -3.11. The minimum Gasteiger partial charge on any atom is -0.444 e. The van der Waals surface area contributed by atoms with Gasteiger partial charge in [0.2, 0.25) is 0 Å². The first-order valence-corrected chi connectivity index (χ1v) is 15.0. The van der Waals surface area contributed by atoms with Crippen molar-refractivity contribution in [2.45, 2.75) is 62.2 Å². The molecule has 1 aromatic heterocycles. The summed E-state index contributed by atoms with van der Waals surface area (Å²) in [5.74, 6) is -2.01. The summed E-state index contributed by atoms with van der Waals surface area (Å²) >= 11 is 1.14. The number of aromatic nitrogens is 2. The standard InChI is InChI=1S/C30H34F5N5O3S/c1-16-13-38(28(42)43-29(2,3)4)9-10-39(16)26-20-12-21(30(33,34)35)23(19-8-7-17(31)11-22(19)32)25-24(20)40(27(41)36-26)15-18(44-25)14-37(5)6/h7-8,11-12,16,18H,9-10,13-15H2,1-6H3/t16?,18-/m1/s1. The first-order chi connectivity index (χ1) is 20.4. The molecule has 44 heavy (non-hydrogen) atoms. The van der Waals surface area contributed by atoms with E-state index in [4.69, 9.17) is 4.74 Å². The van der Waals surface area contributed by atoms with Crippen LogP contribution >= 0.6 is 11.8 Å². The van der Waals surface area contributed by atoms with Gasteiger partial charge < -0.3 is 19.4 Å². The molecular weight excluding hydrogens is 605 g/mol. The Morgan fingerprint density at radius 3 is 2.41 bits per heavy atom. The number of ether oxygens (including phenoxy) is 1. The number of hydrogen-bond donors (Lipinski definition) is 0. The van der Waals surface area contributed by atoms with Crippen LogP contribution in [0.3, 0.4) is 0 Å². The Morgan fingerprint density at radius 2 is 1.82 bits per heavy atom. The van der Waals surface area contributed by atoms with E-state index >= 15 is 4.39 Å². The van der Waals surface area contributed by atoms with Gasteiger partial charge in [-0.3, -0.25) is 4.57 Å². The number of rotatable bonds is 4. The molecule has 5 rings (SSSR count). The van der Waals surface area contributed by atoms with Gasteiger partial charge in [0.15, 0.2) is 0 Å². The van der Waals surface area contributed by atoms with Crippen LogP contribution in [-0.2, 0) is 17.5 Å². The molecule has 2 aromatic carbocycles. The van der Waals surface area contributed by atoms with E-state index in [9.17, 15) is 27.2 Å². The van der Waals surface area contributed by atoms with E-state index in [1.807, 2.05) is 4.90 Å². The number of amides is 1. The maximum absolute atomic E-state index is 15.2. The number of piperazine rings is 1. The zero-order chi connectivity index (χ0) is 32.3. The molecular formula is C30H34F5N5O3S. The molecule has 2 aliphatic heterocycles. The average molecular weight is 640 g/mol. The number of halogens is 5. The number of thioether (sulfide) groups is 1. The lowest BCUT2D eigenvalue weighted by Crippen LogP contribution is -2.55. The lowest BCUT2D eigenvalue weighted by molar-refractivity contribution is -0.137. The molecule has 8 nitrogen and oxygen atoms in total. The zero-order valence-corrected chi connectivity index (χ0v) is 26.1. The van der Waals surface area contributed by atoms with Crippen LogP contribution in [0.1, 0.15) is 33.3 Å². The third-order valence-corrected chi connectivity index (χ3v) is 8.76. The maximum Gasteiger partial charge on any atom is 0.417 e. The molecule has 3 heterocycles. The Bertz CT molecular complexity index is 1670. The molecule has 1 saturated heterocycles. The van der Waals surface area contributed by atoms with E-state index in [1.165, 1.54) is 9.47 Å². The summed E-state index contributed by atoms with van der Waals surface area (Å²) in [5, 5.41) is -0.264. The summed E-state index contributed by atoms with van der Waals surface area (Å²) in [6.07, 6.45) is -5.43. The number of alkyl halides is 3. The molecule has 0 N–H and O–H groups in total. The SMILES string of the molecule is CC1CN(C(=O)OC(C)(C)C)CCN1c1nc(=O)n2c3c(c(-c4ccc(F)cc4F)c(C(F)(F)F)cc13)S[C@H](CN(C)C)C2. The lowest BCUT2D eigenvalue weighted by Gasteiger charge is -2.41. The third-order valence-electron chi connectivity index (χ3n) is 7.50. The van der Waals surface area contributed by atoms with Gasteiger partial charge in [-0.15, -0.1) is 11.8 Å². The third kappa shape index (κ3) is 6.23. The Morgan fingerprint density at radius 1 is 1.11 bits per heavy atom. The van der Waals surface area contributed by atoms with Crippen molar-refractivity contribution >= 4 is 34.6 Å².